The van der Waals surface area contributed by atoms with E-state index in [0.717, 1.165) is 32.5 Å². The van der Waals surface area contributed by atoms with Crippen LogP contribution in [0.5, 0.6) is 0 Å². The molecule has 0 amide bonds. The number of nitrogens with zero attached hydrogens (tertiary/aromatic N) is 1. The minimum atomic E-state index is -0.245. The van der Waals surface area contributed by atoms with Crippen molar-refractivity contribution in [1.82, 2.24) is 4.90 Å². The number of aliphatic hydroxyl groups excluding tert-OH is 2. The Labute approximate surface area is 67.6 Å². The van der Waals surface area contributed by atoms with Crippen molar-refractivity contribution in [2.75, 3.05) is 19.6 Å². The minimum absolute atomic E-state index is 0.111. The van der Waals surface area contributed by atoms with E-state index in [1.54, 1.807) is 6.92 Å². The Hall–Kier alpha value is -0.120. The normalized spacial score (nSPS) is 25.4. The monoisotopic (exact) mass is 159 g/mol. The van der Waals surface area contributed by atoms with Gasteiger partial charge >= 0.3 is 0 Å². The Morgan fingerprint density at radius 1 is 1.45 bits per heavy atom. The van der Waals surface area contributed by atoms with Crippen LogP contribution in [0.15, 0.2) is 0 Å². The fourth-order valence-electron chi connectivity index (χ4n) is 1.48. The molecule has 1 saturated heterocycles. The number of rotatable bonds is 2. The number of piperidine rings is 1. The summed E-state index contributed by atoms with van der Waals surface area (Å²) in [6, 6.07) is 0. The Morgan fingerprint density at radius 2 is 2.00 bits per heavy atom. The molecule has 0 radical (unpaired) electrons. The fourth-order valence-corrected chi connectivity index (χ4v) is 1.48. The van der Waals surface area contributed by atoms with Crippen LogP contribution >= 0.6 is 0 Å². The molecule has 1 unspecified atom stereocenters. The molecule has 0 aromatic heterocycles. The third-order valence-corrected chi connectivity index (χ3v) is 2.08. The summed E-state index contributed by atoms with van der Waals surface area (Å²) in [5, 5.41) is 18.2. The van der Waals surface area contributed by atoms with Gasteiger partial charge in [-0.25, -0.2) is 0 Å². The van der Waals surface area contributed by atoms with E-state index in [2.05, 4.69) is 4.90 Å². The second kappa shape index (κ2) is 4.04. The minimum Gasteiger partial charge on any atom is -0.393 e. The zero-order chi connectivity index (χ0) is 8.27. The lowest BCUT2D eigenvalue weighted by atomic mass is 10.1. The van der Waals surface area contributed by atoms with Crippen molar-refractivity contribution in [3.8, 4) is 0 Å². The molecule has 66 valence electrons. The highest BCUT2D eigenvalue weighted by Gasteiger charge is 2.17. The third-order valence-electron chi connectivity index (χ3n) is 2.08. The first-order valence-electron chi connectivity index (χ1n) is 4.27. The summed E-state index contributed by atoms with van der Waals surface area (Å²) in [7, 11) is 0. The average molecular weight is 159 g/mol. The summed E-state index contributed by atoms with van der Waals surface area (Å²) in [6.45, 7) is 4.38. The van der Waals surface area contributed by atoms with Gasteiger partial charge in [0, 0.05) is 19.6 Å². The van der Waals surface area contributed by atoms with Gasteiger partial charge in [0.05, 0.1) is 12.2 Å². The van der Waals surface area contributed by atoms with Crippen LogP contribution < -0.4 is 0 Å². The van der Waals surface area contributed by atoms with Crippen LogP contribution in [0.3, 0.4) is 0 Å². The van der Waals surface area contributed by atoms with Crippen LogP contribution in [0.1, 0.15) is 19.8 Å². The molecule has 0 bridgehead atoms. The van der Waals surface area contributed by atoms with Gasteiger partial charge in [-0.05, 0) is 19.8 Å². The van der Waals surface area contributed by atoms with Gasteiger partial charge in [0.25, 0.3) is 0 Å². The zero-order valence-electron chi connectivity index (χ0n) is 7.03. The van der Waals surface area contributed by atoms with Gasteiger partial charge in [-0.3, -0.25) is 0 Å². The molecule has 11 heavy (non-hydrogen) atoms. The molecule has 1 aliphatic heterocycles. The molecule has 0 aromatic rings. The van der Waals surface area contributed by atoms with Crippen molar-refractivity contribution < 1.29 is 10.2 Å². The summed E-state index contributed by atoms with van der Waals surface area (Å²) in [5.74, 6) is 0. The molecule has 1 fully saturated rings. The van der Waals surface area contributed by atoms with Crippen LogP contribution in [-0.4, -0.2) is 47.0 Å². The maximum absolute atomic E-state index is 9.17. The quantitative estimate of drug-likeness (QED) is 0.587. The molecule has 1 atom stereocenters. The number of β-amino-alcohol motifs (C(OH)–C–C–N with tert-alkyl or cyclic N) is 1. The van der Waals surface area contributed by atoms with Gasteiger partial charge in [0.2, 0.25) is 0 Å². The van der Waals surface area contributed by atoms with Crippen LogP contribution in [0, 0.1) is 0 Å². The Morgan fingerprint density at radius 3 is 2.45 bits per heavy atom. The maximum Gasteiger partial charge on any atom is 0.0639 e. The Kier molecular flexibility index (Phi) is 3.30. The second-order valence-corrected chi connectivity index (χ2v) is 3.38. The van der Waals surface area contributed by atoms with Gasteiger partial charge in [-0.2, -0.15) is 0 Å². The predicted octanol–water partition coefficient (Wildman–Crippen LogP) is -0.176. The highest BCUT2D eigenvalue weighted by molar-refractivity contribution is 4.71. The molecule has 2 N–H and O–H groups in total. The summed E-state index contributed by atoms with van der Waals surface area (Å²) in [5.41, 5.74) is 0. The van der Waals surface area contributed by atoms with Crippen LogP contribution in [0.2, 0.25) is 0 Å². The Balaban J connectivity index is 2.17. The lowest BCUT2D eigenvalue weighted by Gasteiger charge is -2.30. The van der Waals surface area contributed by atoms with Crippen LogP contribution in [-0.2, 0) is 0 Å². The molecule has 0 aromatic carbocycles. The smallest absolute Gasteiger partial charge is 0.0639 e. The largest absolute Gasteiger partial charge is 0.393 e. The van der Waals surface area contributed by atoms with E-state index in [9.17, 15) is 5.11 Å². The highest BCUT2D eigenvalue weighted by Crippen LogP contribution is 2.09. The van der Waals surface area contributed by atoms with Gasteiger partial charge < -0.3 is 15.1 Å². The zero-order valence-corrected chi connectivity index (χ0v) is 7.03. The summed E-state index contributed by atoms with van der Waals surface area (Å²) >= 11 is 0. The summed E-state index contributed by atoms with van der Waals surface area (Å²) in [6.07, 6.45) is 1.35. The first kappa shape index (κ1) is 8.97. The molecule has 1 rings (SSSR count). The molecule has 1 heterocycles. The summed E-state index contributed by atoms with van der Waals surface area (Å²) in [4.78, 5) is 2.19. The van der Waals surface area contributed by atoms with Crippen molar-refractivity contribution in [3.63, 3.8) is 0 Å². The molecule has 3 heteroatoms. The summed E-state index contributed by atoms with van der Waals surface area (Å²) < 4.78 is 0. The van der Waals surface area contributed by atoms with Crippen molar-refractivity contribution in [1.29, 1.82) is 0 Å². The number of aliphatic hydroxyl groups is 2. The number of likely N-dealkylation sites (tertiary alicyclic amines) is 1. The van der Waals surface area contributed by atoms with Crippen molar-refractivity contribution in [2.24, 2.45) is 0 Å². The molecular weight excluding hydrogens is 142 g/mol. The van der Waals surface area contributed by atoms with E-state index >= 15 is 0 Å². The van der Waals surface area contributed by atoms with Gasteiger partial charge in [0.15, 0.2) is 0 Å². The third kappa shape index (κ3) is 3.18. The first-order valence-corrected chi connectivity index (χ1v) is 4.27. The second-order valence-electron chi connectivity index (χ2n) is 3.38. The molecule has 0 spiro atoms. The predicted molar refractivity (Wildman–Crippen MR) is 43.4 cm³/mol. The molecular formula is C8H17NO2. The van der Waals surface area contributed by atoms with Crippen molar-refractivity contribution in [2.45, 2.75) is 32.0 Å². The topological polar surface area (TPSA) is 43.7 Å². The van der Waals surface area contributed by atoms with Gasteiger partial charge in [-0.1, -0.05) is 0 Å². The van der Waals surface area contributed by atoms with Gasteiger partial charge in [0.1, 0.15) is 0 Å². The van der Waals surface area contributed by atoms with Crippen LogP contribution in [0.4, 0.5) is 0 Å². The van der Waals surface area contributed by atoms with E-state index in [-0.39, 0.29) is 12.2 Å². The lowest BCUT2D eigenvalue weighted by Crippen LogP contribution is -2.39. The van der Waals surface area contributed by atoms with E-state index in [1.165, 1.54) is 0 Å². The fraction of sp³-hybridized carbons (Fsp3) is 1.00. The van der Waals surface area contributed by atoms with E-state index < -0.39 is 0 Å². The van der Waals surface area contributed by atoms with Gasteiger partial charge in [-0.15, -0.1) is 0 Å². The lowest BCUT2D eigenvalue weighted by molar-refractivity contribution is 0.0560. The van der Waals surface area contributed by atoms with E-state index in [1.807, 2.05) is 0 Å². The Bertz CT molecular complexity index is 109. The standard InChI is InChI=1S/C8H17NO2/c1-7(10)6-9-4-2-8(11)3-5-9/h7-8,10-11H,2-6H2,1H3. The average Bonchev–Trinajstić information content (AvgIpc) is 1.93. The van der Waals surface area contributed by atoms with Crippen molar-refractivity contribution >= 4 is 0 Å². The van der Waals surface area contributed by atoms with E-state index in [0.29, 0.717) is 0 Å². The first-order chi connectivity index (χ1) is 5.18. The maximum atomic E-state index is 9.17. The highest BCUT2D eigenvalue weighted by atomic mass is 16.3. The van der Waals surface area contributed by atoms with Crippen molar-refractivity contribution in [3.05, 3.63) is 0 Å². The molecule has 1 aliphatic rings. The molecule has 0 aliphatic carbocycles. The van der Waals surface area contributed by atoms with Crippen LogP contribution in [0.25, 0.3) is 0 Å². The molecule has 0 saturated carbocycles. The SMILES string of the molecule is CC(O)CN1CCC(O)CC1. The molecule has 3 nitrogen and oxygen atoms in total. The number of hydrogen-bond donors (Lipinski definition) is 2. The van der Waals surface area contributed by atoms with E-state index in [4.69, 9.17) is 5.11 Å². The number of hydrogen-bond acceptors (Lipinski definition) is 3.